The van der Waals surface area contributed by atoms with Crippen LogP contribution in [0.1, 0.15) is 15.9 Å². The third-order valence-corrected chi connectivity index (χ3v) is 3.31. The SMILES string of the molecule is COC(=O)c1ccc(OC(=O)C=Cc2ccc(OC(F)F)c(OC)c2)cc1. The number of esters is 2. The molecule has 2 rings (SSSR count). The molecule has 0 saturated heterocycles. The van der Waals surface area contributed by atoms with E-state index >= 15 is 0 Å². The Bertz CT molecular complexity index is 831. The van der Waals surface area contributed by atoms with Crippen LogP contribution in [0.15, 0.2) is 48.5 Å². The Labute approximate surface area is 153 Å². The Morgan fingerprint density at radius 3 is 2.30 bits per heavy atom. The number of hydrogen-bond donors (Lipinski definition) is 0. The Balaban J connectivity index is 2.02. The fourth-order valence-corrected chi connectivity index (χ4v) is 2.07. The second-order valence-corrected chi connectivity index (χ2v) is 5.06. The second-order valence-electron chi connectivity index (χ2n) is 5.06. The Hall–Kier alpha value is -3.42. The molecule has 0 saturated carbocycles. The van der Waals surface area contributed by atoms with Gasteiger partial charge in [-0.2, -0.15) is 8.78 Å². The maximum absolute atomic E-state index is 12.3. The molecule has 0 aliphatic carbocycles. The molecule has 0 N–H and O–H groups in total. The summed E-state index contributed by atoms with van der Waals surface area (Å²) in [6.45, 7) is -2.97. The van der Waals surface area contributed by atoms with Gasteiger partial charge in [0, 0.05) is 6.08 Å². The highest BCUT2D eigenvalue weighted by Gasteiger charge is 2.11. The number of rotatable bonds is 7. The van der Waals surface area contributed by atoms with Crippen LogP contribution in [0.2, 0.25) is 0 Å². The largest absolute Gasteiger partial charge is 0.493 e. The van der Waals surface area contributed by atoms with Gasteiger partial charge in [-0.1, -0.05) is 6.07 Å². The average molecular weight is 378 g/mol. The molecule has 0 atom stereocenters. The maximum atomic E-state index is 12.3. The highest BCUT2D eigenvalue weighted by molar-refractivity contribution is 5.90. The fraction of sp³-hybridized carbons (Fsp3) is 0.158. The van der Waals surface area contributed by atoms with E-state index in [-0.39, 0.29) is 17.2 Å². The predicted octanol–water partition coefficient (Wildman–Crippen LogP) is 3.70. The first kappa shape index (κ1) is 19.9. The van der Waals surface area contributed by atoms with Crippen LogP contribution >= 0.6 is 0 Å². The zero-order valence-electron chi connectivity index (χ0n) is 14.5. The lowest BCUT2D eigenvalue weighted by molar-refractivity contribution is -0.128. The van der Waals surface area contributed by atoms with E-state index in [9.17, 15) is 18.4 Å². The van der Waals surface area contributed by atoms with E-state index in [1.54, 1.807) is 0 Å². The van der Waals surface area contributed by atoms with Gasteiger partial charge in [0.1, 0.15) is 5.75 Å². The Kier molecular flexibility index (Phi) is 6.87. The van der Waals surface area contributed by atoms with E-state index in [2.05, 4.69) is 9.47 Å². The van der Waals surface area contributed by atoms with Crippen molar-refractivity contribution in [1.82, 2.24) is 0 Å². The summed E-state index contributed by atoms with van der Waals surface area (Å²) in [6, 6.07) is 10.1. The van der Waals surface area contributed by atoms with E-state index in [1.807, 2.05) is 0 Å². The highest BCUT2D eigenvalue weighted by atomic mass is 19.3. The van der Waals surface area contributed by atoms with Crippen LogP contribution in [0, 0.1) is 0 Å². The van der Waals surface area contributed by atoms with Crippen LogP contribution in [0.3, 0.4) is 0 Å². The monoisotopic (exact) mass is 378 g/mol. The number of benzene rings is 2. The molecular formula is C19H16F2O6. The first-order valence-corrected chi connectivity index (χ1v) is 7.64. The van der Waals surface area contributed by atoms with Gasteiger partial charge in [0.2, 0.25) is 0 Å². The summed E-state index contributed by atoms with van der Waals surface area (Å²) in [6.07, 6.45) is 2.59. The molecule has 0 heterocycles. The molecular weight excluding hydrogens is 362 g/mol. The molecule has 142 valence electrons. The lowest BCUT2D eigenvalue weighted by Gasteiger charge is -2.10. The van der Waals surface area contributed by atoms with Gasteiger partial charge in [-0.3, -0.25) is 0 Å². The van der Waals surface area contributed by atoms with Crippen molar-refractivity contribution in [2.45, 2.75) is 6.61 Å². The molecule has 27 heavy (non-hydrogen) atoms. The average Bonchev–Trinajstić information content (AvgIpc) is 2.66. The summed E-state index contributed by atoms with van der Waals surface area (Å²) >= 11 is 0. The Morgan fingerprint density at radius 1 is 1.00 bits per heavy atom. The van der Waals surface area contributed by atoms with Gasteiger partial charge in [-0.15, -0.1) is 0 Å². The summed E-state index contributed by atoms with van der Waals surface area (Å²) in [4.78, 5) is 23.2. The highest BCUT2D eigenvalue weighted by Crippen LogP contribution is 2.29. The topological polar surface area (TPSA) is 71.1 Å². The van der Waals surface area contributed by atoms with Crippen LogP contribution in [-0.2, 0) is 9.53 Å². The zero-order valence-corrected chi connectivity index (χ0v) is 14.5. The van der Waals surface area contributed by atoms with Gasteiger partial charge in [-0.25, -0.2) is 9.59 Å². The fourth-order valence-electron chi connectivity index (χ4n) is 2.07. The maximum Gasteiger partial charge on any atom is 0.387 e. The van der Waals surface area contributed by atoms with Crippen molar-refractivity contribution < 1.29 is 37.3 Å². The number of alkyl halides is 2. The van der Waals surface area contributed by atoms with Crippen LogP contribution in [-0.4, -0.2) is 32.8 Å². The van der Waals surface area contributed by atoms with Crippen molar-refractivity contribution in [3.05, 3.63) is 59.7 Å². The molecule has 0 aromatic heterocycles. The normalized spacial score (nSPS) is 10.7. The lowest BCUT2D eigenvalue weighted by Crippen LogP contribution is -2.05. The van der Waals surface area contributed by atoms with Crippen LogP contribution in [0.4, 0.5) is 8.78 Å². The number of hydrogen-bond acceptors (Lipinski definition) is 6. The summed E-state index contributed by atoms with van der Waals surface area (Å²) in [5.74, 6) is -0.925. The van der Waals surface area contributed by atoms with E-state index in [4.69, 9.17) is 9.47 Å². The summed E-state index contributed by atoms with van der Waals surface area (Å²) in [7, 11) is 2.58. The second kappa shape index (κ2) is 9.33. The predicted molar refractivity (Wildman–Crippen MR) is 92.1 cm³/mol. The van der Waals surface area contributed by atoms with Crippen molar-refractivity contribution in [1.29, 1.82) is 0 Å². The molecule has 0 unspecified atom stereocenters. The van der Waals surface area contributed by atoms with Gasteiger partial charge in [0.25, 0.3) is 0 Å². The molecule has 0 radical (unpaired) electrons. The van der Waals surface area contributed by atoms with Gasteiger partial charge in [0.15, 0.2) is 11.5 Å². The minimum Gasteiger partial charge on any atom is -0.493 e. The number of ether oxygens (including phenoxy) is 4. The van der Waals surface area contributed by atoms with Gasteiger partial charge in [-0.05, 0) is 48.0 Å². The minimum atomic E-state index is -2.97. The number of methoxy groups -OCH3 is 2. The van der Waals surface area contributed by atoms with Crippen molar-refractivity contribution in [2.75, 3.05) is 14.2 Å². The zero-order chi connectivity index (χ0) is 19.8. The quantitative estimate of drug-likeness (QED) is 0.416. The van der Waals surface area contributed by atoms with Crippen molar-refractivity contribution >= 4 is 18.0 Å². The van der Waals surface area contributed by atoms with E-state index < -0.39 is 18.6 Å². The van der Waals surface area contributed by atoms with Crippen molar-refractivity contribution in [3.63, 3.8) is 0 Å². The number of halogens is 2. The standard InChI is InChI=1S/C19H16F2O6/c1-24-16-11-12(3-9-15(16)27-19(20)21)4-10-17(22)26-14-7-5-13(6-8-14)18(23)25-2/h3-11,19H,1-2H3. The van der Waals surface area contributed by atoms with E-state index in [0.29, 0.717) is 11.1 Å². The first-order valence-electron chi connectivity index (χ1n) is 7.64. The Morgan fingerprint density at radius 2 is 1.70 bits per heavy atom. The first-order chi connectivity index (χ1) is 12.9. The van der Waals surface area contributed by atoms with E-state index in [0.717, 1.165) is 6.08 Å². The van der Waals surface area contributed by atoms with Crippen LogP contribution in [0.5, 0.6) is 17.2 Å². The molecule has 8 heteroatoms. The van der Waals surface area contributed by atoms with Crippen LogP contribution < -0.4 is 14.2 Å². The number of carbonyl (C=O) groups is 2. The molecule has 6 nitrogen and oxygen atoms in total. The van der Waals surface area contributed by atoms with Crippen molar-refractivity contribution in [3.8, 4) is 17.2 Å². The smallest absolute Gasteiger partial charge is 0.387 e. The van der Waals surface area contributed by atoms with Crippen LogP contribution in [0.25, 0.3) is 6.08 Å². The third-order valence-electron chi connectivity index (χ3n) is 3.31. The molecule has 0 spiro atoms. The molecule has 2 aromatic rings. The molecule has 0 aliphatic heterocycles. The summed E-state index contributed by atoms with van der Waals surface area (Å²) in [5, 5.41) is 0. The molecule has 0 amide bonds. The van der Waals surface area contributed by atoms with Gasteiger partial charge in [0.05, 0.1) is 19.8 Å². The summed E-state index contributed by atoms with van der Waals surface area (Å²) < 4.78 is 43.6. The van der Waals surface area contributed by atoms with E-state index in [1.165, 1.54) is 62.8 Å². The molecule has 0 aliphatic rings. The van der Waals surface area contributed by atoms with Gasteiger partial charge >= 0.3 is 18.6 Å². The third kappa shape index (κ3) is 5.81. The number of carbonyl (C=O) groups excluding carboxylic acids is 2. The molecule has 0 fully saturated rings. The lowest BCUT2D eigenvalue weighted by atomic mass is 10.2. The summed E-state index contributed by atoms with van der Waals surface area (Å²) in [5.41, 5.74) is 0.845. The molecule has 2 aromatic carbocycles. The minimum absolute atomic E-state index is 0.101. The van der Waals surface area contributed by atoms with Gasteiger partial charge < -0.3 is 18.9 Å². The van der Waals surface area contributed by atoms with Crippen molar-refractivity contribution in [2.24, 2.45) is 0 Å². The molecule has 0 bridgehead atoms.